The normalized spacial score (nSPS) is 22.8. The number of hydrogen-bond acceptors (Lipinski definition) is 6. The highest BCUT2D eigenvalue weighted by atomic mass is 32.2. The van der Waals surface area contributed by atoms with E-state index in [2.05, 4.69) is 9.71 Å². The minimum atomic E-state index is -3.67. The first-order chi connectivity index (χ1) is 13.7. The minimum absolute atomic E-state index is 0.143. The molecule has 1 N–H and O–H groups in total. The molecule has 0 saturated carbocycles. The van der Waals surface area contributed by atoms with Crippen LogP contribution in [0.1, 0.15) is 39.2 Å². The zero-order valence-electron chi connectivity index (χ0n) is 16.9. The van der Waals surface area contributed by atoms with Crippen molar-refractivity contribution in [2.75, 3.05) is 19.7 Å². The molecule has 8 nitrogen and oxygen atoms in total. The topological polar surface area (TPSA) is 105 Å². The van der Waals surface area contributed by atoms with Crippen molar-refractivity contribution in [1.82, 2.24) is 9.62 Å². The number of amidine groups is 1. The van der Waals surface area contributed by atoms with Gasteiger partial charge in [0.05, 0.1) is 17.4 Å². The fraction of sp³-hybridized carbons (Fsp3) is 0.550. The third-order valence-corrected chi connectivity index (χ3v) is 6.57. The first-order valence-corrected chi connectivity index (χ1v) is 11.4. The van der Waals surface area contributed by atoms with E-state index in [9.17, 15) is 18.0 Å². The van der Waals surface area contributed by atoms with Crippen LogP contribution < -0.4 is 4.72 Å². The predicted molar refractivity (Wildman–Crippen MR) is 108 cm³/mol. The summed E-state index contributed by atoms with van der Waals surface area (Å²) in [6.07, 6.45) is 1.41. The molecule has 0 bridgehead atoms. The van der Waals surface area contributed by atoms with Crippen LogP contribution in [-0.4, -0.2) is 56.8 Å². The van der Waals surface area contributed by atoms with E-state index in [-0.39, 0.29) is 34.4 Å². The van der Waals surface area contributed by atoms with Crippen molar-refractivity contribution in [2.45, 2.75) is 44.6 Å². The lowest BCUT2D eigenvalue weighted by molar-refractivity contribution is -0.151. The van der Waals surface area contributed by atoms with Gasteiger partial charge in [-0.15, -0.1) is 0 Å². The number of ether oxygens (including phenoxy) is 1. The lowest BCUT2D eigenvalue weighted by atomic mass is 9.96. The number of benzene rings is 1. The lowest BCUT2D eigenvalue weighted by Crippen LogP contribution is -2.48. The van der Waals surface area contributed by atoms with Gasteiger partial charge >= 0.3 is 5.97 Å². The summed E-state index contributed by atoms with van der Waals surface area (Å²) >= 11 is 0. The number of carbonyl (C=O) groups is 2. The van der Waals surface area contributed by atoms with Crippen molar-refractivity contribution in [3.05, 3.63) is 29.8 Å². The monoisotopic (exact) mass is 421 g/mol. The van der Waals surface area contributed by atoms with Crippen LogP contribution in [0.3, 0.4) is 0 Å². The van der Waals surface area contributed by atoms with E-state index in [0.29, 0.717) is 38.1 Å². The van der Waals surface area contributed by atoms with Crippen LogP contribution in [0.2, 0.25) is 0 Å². The second kappa shape index (κ2) is 8.52. The maximum atomic E-state index is 13.2. The van der Waals surface area contributed by atoms with Crippen LogP contribution in [0.25, 0.3) is 0 Å². The van der Waals surface area contributed by atoms with Crippen molar-refractivity contribution in [3.8, 4) is 0 Å². The summed E-state index contributed by atoms with van der Waals surface area (Å²) < 4.78 is 32.2. The highest BCUT2D eigenvalue weighted by Crippen LogP contribution is 2.25. The summed E-state index contributed by atoms with van der Waals surface area (Å²) in [4.78, 5) is 31.6. The Hall–Kier alpha value is -2.42. The van der Waals surface area contributed by atoms with E-state index < -0.39 is 16.1 Å². The fourth-order valence-corrected chi connectivity index (χ4v) is 4.91. The van der Waals surface area contributed by atoms with Gasteiger partial charge in [-0.25, -0.2) is 8.42 Å². The summed E-state index contributed by atoms with van der Waals surface area (Å²) in [6.45, 7) is 6.66. The number of esters is 1. The van der Waals surface area contributed by atoms with Crippen LogP contribution in [0.4, 0.5) is 0 Å². The summed E-state index contributed by atoms with van der Waals surface area (Å²) in [5.74, 6) is -0.777. The van der Waals surface area contributed by atoms with E-state index in [1.165, 1.54) is 6.07 Å². The molecule has 1 aromatic rings. The Bertz CT molecular complexity index is 926. The molecule has 158 valence electrons. The molecule has 0 aromatic heterocycles. The standard InChI is InChI=1S/C20H27N3O5S/c1-4-28-20(25)14-8-7-11-23(12-14)19(24)17(13(2)3)21-18-15-9-5-6-10-16(15)29(26,27)22-18/h5-6,9-10,13-14,17H,4,7-8,11-12H2,1-3H3,(H,21,22)/t14?,17-/m0/s1. The number of sulfonamides is 1. The number of piperidine rings is 1. The van der Waals surface area contributed by atoms with Gasteiger partial charge in [0.1, 0.15) is 11.9 Å². The zero-order valence-corrected chi connectivity index (χ0v) is 17.7. The minimum Gasteiger partial charge on any atom is -0.466 e. The number of amides is 1. The summed E-state index contributed by atoms with van der Waals surface area (Å²) in [5.41, 5.74) is 0.467. The number of nitrogens with zero attached hydrogens (tertiary/aromatic N) is 2. The third-order valence-electron chi connectivity index (χ3n) is 5.17. The van der Waals surface area contributed by atoms with E-state index in [4.69, 9.17) is 4.74 Å². The molecule has 1 unspecified atom stereocenters. The van der Waals surface area contributed by atoms with Crippen LogP contribution in [0.15, 0.2) is 34.2 Å². The average molecular weight is 422 g/mol. The molecule has 3 rings (SSSR count). The number of hydrogen-bond donors (Lipinski definition) is 1. The molecular weight excluding hydrogens is 394 g/mol. The summed E-state index contributed by atoms with van der Waals surface area (Å²) in [7, 11) is -3.67. The molecule has 1 amide bonds. The first-order valence-electron chi connectivity index (χ1n) is 9.90. The maximum Gasteiger partial charge on any atom is 0.310 e. The molecule has 29 heavy (non-hydrogen) atoms. The van der Waals surface area contributed by atoms with Gasteiger partial charge < -0.3 is 9.64 Å². The van der Waals surface area contributed by atoms with Crippen molar-refractivity contribution in [3.63, 3.8) is 0 Å². The smallest absolute Gasteiger partial charge is 0.310 e. The number of aliphatic imine (C=N–C) groups is 1. The Kier molecular flexibility index (Phi) is 6.26. The second-order valence-electron chi connectivity index (χ2n) is 7.64. The number of likely N-dealkylation sites (tertiary alicyclic amines) is 1. The predicted octanol–water partition coefficient (Wildman–Crippen LogP) is 1.55. The van der Waals surface area contributed by atoms with Crippen molar-refractivity contribution in [2.24, 2.45) is 16.8 Å². The van der Waals surface area contributed by atoms with Crippen molar-refractivity contribution in [1.29, 1.82) is 0 Å². The molecule has 0 radical (unpaired) electrons. The Balaban J connectivity index is 1.85. The number of rotatable bonds is 5. The zero-order chi connectivity index (χ0) is 21.2. The van der Waals surface area contributed by atoms with Gasteiger partial charge in [-0.1, -0.05) is 26.0 Å². The molecule has 0 spiro atoms. The van der Waals surface area contributed by atoms with E-state index in [1.54, 1.807) is 30.0 Å². The van der Waals surface area contributed by atoms with Gasteiger partial charge in [-0.2, -0.15) is 0 Å². The number of nitrogens with one attached hydrogen (secondary N) is 1. The van der Waals surface area contributed by atoms with Crippen LogP contribution in [0, 0.1) is 11.8 Å². The molecule has 2 aliphatic rings. The number of carbonyl (C=O) groups excluding carboxylic acids is 2. The Morgan fingerprint density at radius 2 is 2.03 bits per heavy atom. The van der Waals surface area contributed by atoms with Gasteiger partial charge in [0.15, 0.2) is 0 Å². The molecule has 2 heterocycles. The Labute approximate surface area is 171 Å². The second-order valence-corrected chi connectivity index (χ2v) is 9.29. The number of fused-ring (bicyclic) bond motifs is 1. The molecule has 1 aromatic carbocycles. The molecule has 1 saturated heterocycles. The van der Waals surface area contributed by atoms with Gasteiger partial charge in [0.25, 0.3) is 10.0 Å². The first kappa shape index (κ1) is 21.3. The highest BCUT2D eigenvalue weighted by Gasteiger charge is 2.36. The molecule has 1 fully saturated rings. The largest absolute Gasteiger partial charge is 0.466 e. The van der Waals surface area contributed by atoms with Gasteiger partial charge in [0.2, 0.25) is 5.91 Å². The summed E-state index contributed by atoms with van der Waals surface area (Å²) in [5, 5.41) is 0. The van der Waals surface area contributed by atoms with E-state index >= 15 is 0 Å². The maximum absolute atomic E-state index is 13.2. The van der Waals surface area contributed by atoms with E-state index in [1.807, 2.05) is 13.8 Å². The molecule has 0 aliphatic carbocycles. The van der Waals surface area contributed by atoms with Crippen molar-refractivity contribution < 1.29 is 22.7 Å². The molecule has 2 atom stereocenters. The Morgan fingerprint density at radius 3 is 2.72 bits per heavy atom. The Morgan fingerprint density at radius 1 is 1.31 bits per heavy atom. The summed E-state index contributed by atoms with van der Waals surface area (Å²) in [6, 6.07) is 5.82. The van der Waals surface area contributed by atoms with Crippen molar-refractivity contribution >= 4 is 27.7 Å². The molecule has 9 heteroatoms. The quantitative estimate of drug-likeness (QED) is 0.727. The van der Waals surface area contributed by atoms with Crippen LogP contribution in [-0.2, 0) is 24.3 Å². The SMILES string of the molecule is CCOC(=O)C1CCCN(C(=O)[C@@H](N=C2NS(=O)(=O)c3ccccc32)C(C)C)C1. The molecule has 2 aliphatic heterocycles. The average Bonchev–Trinajstić information content (AvgIpc) is 2.96. The van der Waals surface area contributed by atoms with E-state index in [0.717, 1.165) is 0 Å². The van der Waals surface area contributed by atoms with Gasteiger partial charge in [0, 0.05) is 18.7 Å². The lowest BCUT2D eigenvalue weighted by Gasteiger charge is -2.34. The van der Waals surface area contributed by atoms with Crippen LogP contribution >= 0.6 is 0 Å². The molecular formula is C20H27N3O5S. The third kappa shape index (κ3) is 4.44. The fourth-order valence-electron chi connectivity index (χ4n) is 3.68. The van der Waals surface area contributed by atoms with Gasteiger partial charge in [-0.3, -0.25) is 19.3 Å². The van der Waals surface area contributed by atoms with Gasteiger partial charge in [-0.05, 0) is 37.8 Å². The van der Waals surface area contributed by atoms with Crippen LogP contribution in [0.5, 0.6) is 0 Å². The highest BCUT2D eigenvalue weighted by molar-refractivity contribution is 7.90.